The fraction of sp³-hybridized carbons (Fsp3) is 0.581. The summed E-state index contributed by atoms with van der Waals surface area (Å²) in [4.78, 5) is 88.1. The predicted octanol–water partition coefficient (Wildman–Crippen LogP) is 3.18. The van der Waals surface area contributed by atoms with Crippen LogP contribution in [0.25, 0.3) is 0 Å². The van der Waals surface area contributed by atoms with Gasteiger partial charge < -0.3 is 40.9 Å². The highest BCUT2D eigenvalue weighted by Crippen LogP contribution is 2.24. The second-order valence-corrected chi connectivity index (χ2v) is 16.8. The van der Waals surface area contributed by atoms with Crippen molar-refractivity contribution in [1.82, 2.24) is 40.9 Å². The van der Waals surface area contributed by atoms with E-state index in [4.69, 9.17) is 0 Å². The minimum Gasteiger partial charge on any atom is -0.343 e. The number of likely N-dealkylation sites (N-methyl/N-ethyl adjacent to an activating group) is 4. The summed E-state index contributed by atoms with van der Waals surface area (Å²) >= 11 is 1.98. The Balaban J connectivity index is 1.36. The van der Waals surface area contributed by atoms with Crippen molar-refractivity contribution in [3.05, 3.63) is 71.8 Å². The van der Waals surface area contributed by atoms with Crippen molar-refractivity contribution in [1.29, 1.82) is 0 Å². The molecule has 0 spiro atoms. The number of amides is 6. The third kappa shape index (κ3) is 13.2. The molecule has 4 rings (SSSR count). The number of nitrogens with one attached hydrogen (secondary N) is 4. The number of hydrogen-bond donors (Lipinski definition) is 4. The van der Waals surface area contributed by atoms with Gasteiger partial charge in [0.15, 0.2) is 0 Å². The molecule has 0 saturated carbocycles. The summed E-state index contributed by atoms with van der Waals surface area (Å²) in [6.07, 6.45) is 6.02. The number of halogens is 1. The molecule has 0 aliphatic carbocycles. The Labute approximate surface area is 357 Å². The smallest absolute Gasteiger partial charge is 0.247 e. The molecule has 6 atom stereocenters. The average molecular weight is 915 g/mol. The van der Waals surface area contributed by atoms with Gasteiger partial charge in [0.05, 0.1) is 6.04 Å². The molecule has 0 unspecified atom stereocenters. The molecule has 15 heteroatoms. The molecule has 2 aliphatic rings. The van der Waals surface area contributed by atoms with Crippen molar-refractivity contribution in [2.75, 3.05) is 41.3 Å². The van der Waals surface area contributed by atoms with E-state index in [1.165, 1.54) is 0 Å². The topological polar surface area (TPSA) is 164 Å². The standard InChI is InChI=1S/C43H63IN8O6/c1-30(45-2)38(53)47-33(40(55)51-26-16-24-35(51)42(57)49(4)28-31-18-10-8-11-19-31)22-14-6-7-15-23-34(48-39(54)37(44)46-3)41(56)52-27-17-25-36(52)43(58)50(5)29-32-20-12-9-13-21-32/h8-13,18-21,30,33-37,45-46H,6-7,14-17,22-29H2,1-5H3,(H,47,53)(H,48,54)/t30-,33-,34-,35-,36-,37+/m0/s1. The van der Waals surface area contributed by atoms with Gasteiger partial charge in [0.2, 0.25) is 35.4 Å². The second-order valence-electron chi connectivity index (χ2n) is 15.5. The van der Waals surface area contributed by atoms with E-state index in [0.717, 1.165) is 24.0 Å². The summed E-state index contributed by atoms with van der Waals surface area (Å²) in [6, 6.07) is 16.2. The van der Waals surface area contributed by atoms with Gasteiger partial charge in [-0.3, -0.25) is 28.8 Å². The van der Waals surface area contributed by atoms with Gasteiger partial charge in [-0.1, -0.05) is 109 Å². The van der Waals surface area contributed by atoms with Crippen molar-refractivity contribution < 1.29 is 28.8 Å². The summed E-state index contributed by atoms with van der Waals surface area (Å²) < 4.78 is -0.536. The van der Waals surface area contributed by atoms with Gasteiger partial charge >= 0.3 is 0 Å². The van der Waals surface area contributed by atoms with E-state index in [0.29, 0.717) is 77.5 Å². The van der Waals surface area contributed by atoms with Crippen LogP contribution in [0.2, 0.25) is 0 Å². The normalized spacial score (nSPS) is 18.5. The number of unbranched alkanes of at least 4 members (excludes halogenated alkanes) is 3. The van der Waals surface area contributed by atoms with Gasteiger partial charge in [-0.25, -0.2) is 0 Å². The van der Waals surface area contributed by atoms with Gasteiger partial charge in [0.25, 0.3) is 0 Å². The largest absolute Gasteiger partial charge is 0.343 e. The van der Waals surface area contributed by atoms with Crippen molar-refractivity contribution in [2.24, 2.45) is 0 Å². The van der Waals surface area contributed by atoms with Crippen molar-refractivity contribution >= 4 is 58.0 Å². The molecular formula is C43H63IN8O6. The van der Waals surface area contributed by atoms with E-state index in [2.05, 4.69) is 21.3 Å². The van der Waals surface area contributed by atoms with Gasteiger partial charge in [-0.2, -0.15) is 0 Å². The van der Waals surface area contributed by atoms with Crippen LogP contribution in [0.15, 0.2) is 60.7 Å². The Hall–Kier alpha value is -4.09. The third-order valence-corrected chi connectivity index (χ3v) is 12.4. The molecule has 14 nitrogen and oxygen atoms in total. The maximum absolute atomic E-state index is 14.1. The van der Waals surface area contributed by atoms with E-state index in [1.54, 1.807) is 54.7 Å². The maximum Gasteiger partial charge on any atom is 0.247 e. The molecule has 6 amide bonds. The number of carbonyl (C=O) groups excluding carboxylic acids is 6. The molecule has 2 fully saturated rings. The molecule has 58 heavy (non-hydrogen) atoms. The number of benzene rings is 2. The first kappa shape index (κ1) is 46.6. The Kier molecular flexibility index (Phi) is 18.9. The van der Waals surface area contributed by atoms with Crippen LogP contribution in [0.3, 0.4) is 0 Å². The predicted molar refractivity (Wildman–Crippen MR) is 232 cm³/mol. The zero-order valence-corrected chi connectivity index (χ0v) is 36.9. The molecule has 318 valence electrons. The third-order valence-electron chi connectivity index (χ3n) is 11.2. The molecule has 0 bridgehead atoms. The van der Waals surface area contributed by atoms with Crippen LogP contribution >= 0.6 is 22.6 Å². The first-order valence-electron chi connectivity index (χ1n) is 20.6. The number of rotatable bonds is 21. The molecule has 0 radical (unpaired) electrons. The summed E-state index contributed by atoms with van der Waals surface area (Å²) in [7, 11) is 6.87. The number of carbonyl (C=O) groups is 6. The van der Waals surface area contributed by atoms with Crippen molar-refractivity contribution in [3.8, 4) is 0 Å². The zero-order chi connectivity index (χ0) is 42.2. The fourth-order valence-corrected chi connectivity index (χ4v) is 7.90. The van der Waals surface area contributed by atoms with Crippen LogP contribution in [-0.4, -0.2) is 131 Å². The van der Waals surface area contributed by atoms with E-state index in [-0.39, 0.29) is 35.4 Å². The van der Waals surface area contributed by atoms with E-state index in [1.807, 2.05) is 83.3 Å². The van der Waals surface area contributed by atoms with Crippen LogP contribution in [0.4, 0.5) is 0 Å². The van der Waals surface area contributed by atoms with Gasteiger partial charge in [-0.15, -0.1) is 0 Å². The Morgan fingerprint density at radius 3 is 1.47 bits per heavy atom. The summed E-state index contributed by atoms with van der Waals surface area (Å²) in [6.45, 7) is 3.49. The highest BCUT2D eigenvalue weighted by atomic mass is 127. The van der Waals surface area contributed by atoms with Gasteiger partial charge in [0.1, 0.15) is 28.2 Å². The van der Waals surface area contributed by atoms with E-state index >= 15 is 0 Å². The van der Waals surface area contributed by atoms with Gasteiger partial charge in [-0.05, 0) is 70.7 Å². The Morgan fingerprint density at radius 1 is 0.655 bits per heavy atom. The first-order chi connectivity index (χ1) is 27.9. The molecule has 2 aromatic rings. The van der Waals surface area contributed by atoms with Crippen LogP contribution in [0.1, 0.15) is 82.3 Å². The van der Waals surface area contributed by atoms with Crippen LogP contribution in [0, 0.1) is 0 Å². The fourth-order valence-electron chi connectivity index (χ4n) is 7.72. The highest BCUT2D eigenvalue weighted by Gasteiger charge is 2.40. The quantitative estimate of drug-likeness (QED) is 0.0643. The molecular weight excluding hydrogens is 851 g/mol. The highest BCUT2D eigenvalue weighted by molar-refractivity contribution is 14.1. The summed E-state index contributed by atoms with van der Waals surface area (Å²) in [5.74, 6) is -1.34. The lowest BCUT2D eigenvalue weighted by molar-refractivity contribution is -0.145. The SMILES string of the molecule is CN[C@@H](C)C(=O)N[C@@H](CCCCCC[C@H](NC(=O)[C@H](I)NC)C(=O)N1CCC[C@H]1C(=O)N(C)Cc1ccccc1)C(=O)N1CCC[C@H]1C(=O)N(C)Cc1ccccc1. The minimum atomic E-state index is -0.799. The molecule has 2 heterocycles. The molecule has 2 aliphatic heterocycles. The lowest BCUT2D eigenvalue weighted by Crippen LogP contribution is -2.55. The monoisotopic (exact) mass is 914 g/mol. The van der Waals surface area contributed by atoms with Crippen molar-refractivity contribution in [3.63, 3.8) is 0 Å². The molecule has 2 saturated heterocycles. The Morgan fingerprint density at radius 2 is 1.07 bits per heavy atom. The van der Waals surface area contributed by atoms with E-state index < -0.39 is 34.3 Å². The van der Waals surface area contributed by atoms with E-state index in [9.17, 15) is 28.8 Å². The number of alkyl halides is 1. The lowest BCUT2D eigenvalue weighted by atomic mass is 10.0. The molecule has 0 aromatic heterocycles. The number of likely N-dealkylation sites (tertiary alicyclic amines) is 2. The van der Waals surface area contributed by atoms with Crippen LogP contribution in [-0.2, 0) is 41.9 Å². The number of hydrogen-bond acceptors (Lipinski definition) is 8. The average Bonchev–Trinajstić information content (AvgIpc) is 3.94. The summed E-state index contributed by atoms with van der Waals surface area (Å²) in [5.41, 5.74) is 2.01. The van der Waals surface area contributed by atoms with Crippen LogP contribution in [0.5, 0.6) is 0 Å². The lowest BCUT2D eigenvalue weighted by Gasteiger charge is -2.31. The Bertz CT molecular complexity index is 1550. The maximum atomic E-state index is 14.1. The number of nitrogens with zero attached hydrogens (tertiary/aromatic N) is 4. The van der Waals surface area contributed by atoms with Crippen LogP contribution < -0.4 is 21.3 Å². The first-order valence-corrected chi connectivity index (χ1v) is 21.9. The minimum absolute atomic E-state index is 0.119. The summed E-state index contributed by atoms with van der Waals surface area (Å²) in [5, 5.41) is 11.7. The molecule has 2 aromatic carbocycles. The van der Waals surface area contributed by atoms with Gasteiger partial charge in [0, 0.05) is 40.3 Å². The zero-order valence-electron chi connectivity index (χ0n) is 34.8. The van der Waals surface area contributed by atoms with Crippen molar-refractivity contribution in [2.45, 2.75) is 118 Å². The second kappa shape index (κ2) is 23.5. The molecule has 4 N–H and O–H groups in total.